The third-order valence-electron chi connectivity index (χ3n) is 4.22. The molecular weight excluding hydrogens is 378 g/mol. The summed E-state index contributed by atoms with van der Waals surface area (Å²) < 4.78 is 9.22. The molecule has 126 valence electrons. The molecule has 2 heterocycles. The second-order valence-corrected chi connectivity index (χ2v) is 7.32. The molecule has 25 heavy (non-hydrogen) atoms. The molecule has 0 aliphatic rings. The van der Waals surface area contributed by atoms with E-state index in [-0.39, 0.29) is 5.92 Å². The fourth-order valence-electron chi connectivity index (χ4n) is 2.90. The normalized spacial score (nSPS) is 11.5. The zero-order valence-electron chi connectivity index (χ0n) is 14.1. The molecule has 5 heteroatoms. The number of hydrogen-bond acceptors (Lipinski definition) is 3. The van der Waals surface area contributed by atoms with Crippen molar-refractivity contribution in [2.24, 2.45) is 0 Å². The van der Waals surface area contributed by atoms with Crippen molar-refractivity contribution in [3.63, 3.8) is 0 Å². The lowest BCUT2D eigenvalue weighted by molar-refractivity contribution is 0.478. The van der Waals surface area contributed by atoms with Gasteiger partial charge in [-0.3, -0.25) is 0 Å². The Hall–Kier alpha value is -2.40. The molecule has 0 aliphatic heterocycles. The average Bonchev–Trinajstić information content (AvgIpc) is 3.22. The van der Waals surface area contributed by atoms with Crippen LogP contribution in [0.3, 0.4) is 0 Å². The summed E-state index contributed by atoms with van der Waals surface area (Å²) in [6.45, 7) is 4.85. The van der Waals surface area contributed by atoms with Crippen molar-refractivity contribution in [2.45, 2.75) is 26.3 Å². The molecule has 0 amide bonds. The molecule has 4 aromatic rings. The van der Waals surface area contributed by atoms with Crippen LogP contribution in [0.15, 0.2) is 63.5 Å². The number of rotatable bonds is 4. The summed E-state index contributed by atoms with van der Waals surface area (Å²) in [6.07, 6.45) is 0. The fraction of sp³-hybridized carbons (Fsp3) is 0.200. The predicted octanol–water partition coefficient (Wildman–Crippen LogP) is 5.63. The Morgan fingerprint density at radius 2 is 1.80 bits per heavy atom. The molecular formula is C20H18BrN3O. The number of para-hydroxylation sites is 1. The second-order valence-electron chi connectivity index (χ2n) is 6.40. The molecule has 0 N–H and O–H groups in total. The maximum absolute atomic E-state index is 5.91. The van der Waals surface area contributed by atoms with Crippen LogP contribution in [0.5, 0.6) is 0 Å². The first-order chi connectivity index (χ1) is 12.1. The Kier molecular flexibility index (Phi) is 4.17. The van der Waals surface area contributed by atoms with Gasteiger partial charge in [-0.15, -0.1) is 10.2 Å². The van der Waals surface area contributed by atoms with E-state index in [1.165, 1.54) is 10.9 Å². The number of aromatic nitrogens is 3. The van der Waals surface area contributed by atoms with Gasteiger partial charge in [-0.05, 0) is 29.8 Å². The van der Waals surface area contributed by atoms with Gasteiger partial charge in [0.2, 0.25) is 5.89 Å². The molecule has 4 rings (SSSR count). The van der Waals surface area contributed by atoms with Gasteiger partial charge < -0.3 is 8.98 Å². The summed E-state index contributed by atoms with van der Waals surface area (Å²) in [4.78, 5) is 0. The van der Waals surface area contributed by atoms with Gasteiger partial charge in [-0.25, -0.2) is 0 Å². The number of nitrogens with zero attached hydrogens (tertiary/aromatic N) is 3. The molecule has 4 nitrogen and oxygen atoms in total. The van der Waals surface area contributed by atoms with Crippen LogP contribution in [0.2, 0.25) is 0 Å². The SMILES string of the molecule is CC(C)c1nnc(-c2cc3ccccc3n2Cc2ccc(Br)cc2)o1. The van der Waals surface area contributed by atoms with E-state index in [1.54, 1.807) is 0 Å². The third kappa shape index (κ3) is 3.12. The van der Waals surface area contributed by atoms with E-state index in [1.807, 2.05) is 6.07 Å². The topological polar surface area (TPSA) is 43.9 Å². The smallest absolute Gasteiger partial charge is 0.264 e. The molecule has 0 atom stereocenters. The van der Waals surface area contributed by atoms with E-state index in [2.05, 4.69) is 93.1 Å². The Bertz CT molecular complexity index is 1020. The largest absolute Gasteiger partial charge is 0.419 e. The number of fused-ring (bicyclic) bond motifs is 1. The molecule has 0 fully saturated rings. The molecule has 0 aliphatic carbocycles. The van der Waals surface area contributed by atoms with Gasteiger partial charge in [0.05, 0.1) is 0 Å². The maximum Gasteiger partial charge on any atom is 0.264 e. The van der Waals surface area contributed by atoms with Crippen LogP contribution >= 0.6 is 15.9 Å². The van der Waals surface area contributed by atoms with Crippen LogP contribution in [0.4, 0.5) is 0 Å². The van der Waals surface area contributed by atoms with Gasteiger partial charge in [0.25, 0.3) is 5.89 Å². The minimum atomic E-state index is 0.213. The highest BCUT2D eigenvalue weighted by atomic mass is 79.9. The molecule has 0 unspecified atom stereocenters. The first-order valence-electron chi connectivity index (χ1n) is 8.28. The van der Waals surface area contributed by atoms with Crippen LogP contribution in [0, 0.1) is 0 Å². The standard InChI is InChI=1S/C20H18BrN3O/c1-13(2)19-22-23-20(25-19)18-11-15-5-3-4-6-17(15)24(18)12-14-7-9-16(21)10-8-14/h3-11,13H,12H2,1-2H3. The van der Waals surface area contributed by atoms with Crippen molar-refractivity contribution in [1.82, 2.24) is 14.8 Å². The molecule has 0 spiro atoms. The van der Waals surface area contributed by atoms with Crippen LogP contribution in [0.25, 0.3) is 22.5 Å². The number of hydrogen-bond donors (Lipinski definition) is 0. The summed E-state index contributed by atoms with van der Waals surface area (Å²) in [5, 5.41) is 9.63. The highest BCUT2D eigenvalue weighted by Crippen LogP contribution is 2.29. The lowest BCUT2D eigenvalue weighted by atomic mass is 10.2. The van der Waals surface area contributed by atoms with Crippen LogP contribution in [-0.2, 0) is 6.54 Å². The highest BCUT2D eigenvalue weighted by Gasteiger charge is 2.17. The van der Waals surface area contributed by atoms with Crippen molar-refractivity contribution >= 4 is 26.8 Å². The number of benzene rings is 2. The van der Waals surface area contributed by atoms with E-state index in [0.29, 0.717) is 11.8 Å². The van der Waals surface area contributed by atoms with Gasteiger partial charge in [-0.2, -0.15) is 0 Å². The Morgan fingerprint density at radius 3 is 2.52 bits per heavy atom. The monoisotopic (exact) mass is 395 g/mol. The first kappa shape index (κ1) is 16.1. The minimum Gasteiger partial charge on any atom is -0.419 e. The summed E-state index contributed by atoms with van der Waals surface area (Å²) in [5.74, 6) is 1.44. The predicted molar refractivity (Wildman–Crippen MR) is 103 cm³/mol. The fourth-order valence-corrected chi connectivity index (χ4v) is 3.17. The van der Waals surface area contributed by atoms with Gasteiger partial charge >= 0.3 is 0 Å². The Morgan fingerprint density at radius 1 is 1.04 bits per heavy atom. The van der Waals surface area contributed by atoms with Gasteiger partial charge in [0.1, 0.15) is 5.69 Å². The molecule has 0 saturated heterocycles. The highest BCUT2D eigenvalue weighted by molar-refractivity contribution is 9.10. The average molecular weight is 396 g/mol. The van der Waals surface area contributed by atoms with E-state index in [9.17, 15) is 0 Å². The van der Waals surface area contributed by atoms with Gasteiger partial charge in [0, 0.05) is 27.8 Å². The molecule has 0 saturated carbocycles. The first-order valence-corrected chi connectivity index (χ1v) is 9.07. The molecule has 0 bridgehead atoms. The Balaban J connectivity index is 1.83. The zero-order valence-corrected chi connectivity index (χ0v) is 15.7. The lowest BCUT2D eigenvalue weighted by Gasteiger charge is -2.09. The van der Waals surface area contributed by atoms with Crippen LogP contribution in [-0.4, -0.2) is 14.8 Å². The van der Waals surface area contributed by atoms with Crippen molar-refractivity contribution < 1.29 is 4.42 Å². The Labute approximate surface area is 154 Å². The minimum absolute atomic E-state index is 0.213. The van der Waals surface area contributed by atoms with E-state index >= 15 is 0 Å². The van der Waals surface area contributed by atoms with E-state index in [4.69, 9.17) is 4.42 Å². The summed E-state index contributed by atoms with van der Waals surface area (Å²) >= 11 is 3.49. The van der Waals surface area contributed by atoms with Crippen molar-refractivity contribution in [2.75, 3.05) is 0 Å². The quantitative estimate of drug-likeness (QED) is 0.449. The summed E-state index contributed by atoms with van der Waals surface area (Å²) in [7, 11) is 0. The summed E-state index contributed by atoms with van der Waals surface area (Å²) in [5.41, 5.74) is 3.32. The molecule has 2 aromatic carbocycles. The van der Waals surface area contributed by atoms with Crippen molar-refractivity contribution in [3.8, 4) is 11.6 Å². The summed E-state index contributed by atoms with van der Waals surface area (Å²) in [6, 6.07) is 18.8. The maximum atomic E-state index is 5.91. The third-order valence-corrected chi connectivity index (χ3v) is 4.75. The lowest BCUT2D eigenvalue weighted by Crippen LogP contribution is -2.01. The van der Waals surface area contributed by atoms with Crippen LogP contribution < -0.4 is 0 Å². The van der Waals surface area contributed by atoms with Gasteiger partial charge in [0.15, 0.2) is 0 Å². The molecule has 0 radical (unpaired) electrons. The van der Waals surface area contributed by atoms with E-state index in [0.717, 1.165) is 22.2 Å². The second kappa shape index (κ2) is 6.48. The van der Waals surface area contributed by atoms with Crippen LogP contribution in [0.1, 0.15) is 31.2 Å². The van der Waals surface area contributed by atoms with E-state index < -0.39 is 0 Å². The van der Waals surface area contributed by atoms with Crippen molar-refractivity contribution in [3.05, 3.63) is 70.5 Å². The molecule has 2 aromatic heterocycles. The zero-order chi connectivity index (χ0) is 17.4. The van der Waals surface area contributed by atoms with Gasteiger partial charge in [-0.1, -0.05) is 60.1 Å². The van der Waals surface area contributed by atoms with Crippen molar-refractivity contribution in [1.29, 1.82) is 0 Å². The number of halogens is 1.